The van der Waals surface area contributed by atoms with Gasteiger partial charge in [0.1, 0.15) is 0 Å². The highest BCUT2D eigenvalue weighted by molar-refractivity contribution is 7.92. The minimum absolute atomic E-state index is 0.0166. The third-order valence-corrected chi connectivity index (χ3v) is 7.60. The lowest BCUT2D eigenvalue weighted by atomic mass is 9.75. The van der Waals surface area contributed by atoms with Crippen LogP contribution in [0, 0.1) is 5.41 Å². The van der Waals surface area contributed by atoms with E-state index >= 15 is 0 Å². The fourth-order valence-electron chi connectivity index (χ4n) is 3.46. The molecule has 1 N–H and O–H groups in total. The molecule has 5 nitrogen and oxygen atoms in total. The van der Waals surface area contributed by atoms with Crippen LogP contribution in [-0.2, 0) is 9.84 Å². The SMILES string of the molecule is CCS(=O)(=O)C1CCN(C(=O)NC2CCC(C)(C)CC2)CC1. The van der Waals surface area contributed by atoms with Crippen molar-refractivity contribution in [1.82, 2.24) is 10.2 Å². The summed E-state index contributed by atoms with van der Waals surface area (Å²) in [6.07, 6.45) is 5.52. The zero-order chi connectivity index (χ0) is 16.4. The Morgan fingerprint density at radius 3 is 2.18 bits per heavy atom. The lowest BCUT2D eigenvalue weighted by Crippen LogP contribution is -2.50. The average Bonchev–Trinajstić information content (AvgIpc) is 2.49. The molecule has 0 atom stereocenters. The number of hydrogen-bond acceptors (Lipinski definition) is 3. The number of urea groups is 1. The first-order valence-electron chi connectivity index (χ1n) is 8.50. The molecule has 1 saturated carbocycles. The molecule has 2 rings (SSSR count). The number of likely N-dealkylation sites (tertiary alicyclic amines) is 1. The Kier molecular flexibility index (Phi) is 5.41. The molecule has 2 aliphatic rings. The Balaban J connectivity index is 1.78. The molecule has 0 bridgehead atoms. The van der Waals surface area contributed by atoms with E-state index in [-0.39, 0.29) is 23.1 Å². The smallest absolute Gasteiger partial charge is 0.317 e. The van der Waals surface area contributed by atoms with Crippen LogP contribution in [0.4, 0.5) is 4.79 Å². The molecule has 0 aromatic carbocycles. The normalized spacial score (nSPS) is 24.2. The Hall–Kier alpha value is -0.780. The molecular weight excluding hydrogens is 300 g/mol. The first kappa shape index (κ1) is 17.6. The van der Waals surface area contributed by atoms with Gasteiger partial charge in [0.15, 0.2) is 9.84 Å². The third-order valence-electron chi connectivity index (χ3n) is 5.31. The van der Waals surface area contributed by atoms with E-state index in [4.69, 9.17) is 0 Å². The summed E-state index contributed by atoms with van der Waals surface area (Å²) in [6.45, 7) is 7.36. The van der Waals surface area contributed by atoms with Gasteiger partial charge in [0, 0.05) is 24.9 Å². The third kappa shape index (κ3) is 4.37. The summed E-state index contributed by atoms with van der Waals surface area (Å²) in [5.74, 6) is 0.196. The number of carbonyl (C=O) groups is 1. The number of sulfone groups is 1. The van der Waals surface area contributed by atoms with Gasteiger partial charge in [0.2, 0.25) is 0 Å². The van der Waals surface area contributed by atoms with Gasteiger partial charge < -0.3 is 10.2 Å². The molecule has 0 aromatic rings. The number of rotatable bonds is 3. The van der Waals surface area contributed by atoms with E-state index in [1.54, 1.807) is 11.8 Å². The number of amides is 2. The molecule has 1 heterocycles. The summed E-state index contributed by atoms with van der Waals surface area (Å²) in [7, 11) is -2.97. The predicted molar refractivity (Wildman–Crippen MR) is 88.6 cm³/mol. The quantitative estimate of drug-likeness (QED) is 0.865. The zero-order valence-electron chi connectivity index (χ0n) is 14.1. The predicted octanol–water partition coefficient (Wildman–Crippen LogP) is 2.56. The summed E-state index contributed by atoms with van der Waals surface area (Å²) in [6, 6.07) is 0.259. The molecule has 2 fully saturated rings. The Morgan fingerprint density at radius 2 is 1.68 bits per heavy atom. The van der Waals surface area contributed by atoms with Crippen molar-refractivity contribution in [3.63, 3.8) is 0 Å². The molecule has 0 spiro atoms. The average molecular weight is 330 g/mol. The maximum absolute atomic E-state index is 12.3. The van der Waals surface area contributed by atoms with Crippen LogP contribution in [0.15, 0.2) is 0 Å². The van der Waals surface area contributed by atoms with Gasteiger partial charge in [-0.2, -0.15) is 0 Å². The van der Waals surface area contributed by atoms with Crippen molar-refractivity contribution in [2.75, 3.05) is 18.8 Å². The van der Waals surface area contributed by atoms with Gasteiger partial charge in [-0.1, -0.05) is 20.8 Å². The Bertz CT molecular complexity index is 484. The molecule has 128 valence electrons. The monoisotopic (exact) mass is 330 g/mol. The molecule has 1 saturated heterocycles. The lowest BCUT2D eigenvalue weighted by Gasteiger charge is -2.37. The summed E-state index contributed by atoms with van der Waals surface area (Å²) >= 11 is 0. The molecule has 1 aliphatic heterocycles. The summed E-state index contributed by atoms with van der Waals surface area (Å²) in [4.78, 5) is 14.1. The maximum atomic E-state index is 12.3. The van der Waals surface area contributed by atoms with Gasteiger partial charge in [-0.15, -0.1) is 0 Å². The first-order valence-corrected chi connectivity index (χ1v) is 10.2. The van der Waals surface area contributed by atoms with Crippen LogP contribution in [0.3, 0.4) is 0 Å². The highest BCUT2D eigenvalue weighted by atomic mass is 32.2. The van der Waals surface area contributed by atoms with Crippen LogP contribution in [0.2, 0.25) is 0 Å². The largest absolute Gasteiger partial charge is 0.335 e. The standard InChI is InChI=1S/C16H30N2O3S/c1-4-22(20,21)14-7-11-18(12-8-14)15(19)17-13-5-9-16(2,3)10-6-13/h13-14H,4-12H2,1-3H3,(H,17,19). The summed E-state index contributed by atoms with van der Waals surface area (Å²) in [5, 5.41) is 2.86. The fraction of sp³-hybridized carbons (Fsp3) is 0.938. The molecule has 1 aliphatic carbocycles. The summed E-state index contributed by atoms with van der Waals surface area (Å²) < 4.78 is 23.8. The number of carbonyl (C=O) groups excluding carboxylic acids is 1. The van der Waals surface area contributed by atoms with Crippen molar-refractivity contribution >= 4 is 15.9 Å². The van der Waals surface area contributed by atoms with Crippen LogP contribution in [0.5, 0.6) is 0 Å². The van der Waals surface area contributed by atoms with Gasteiger partial charge >= 0.3 is 6.03 Å². The minimum Gasteiger partial charge on any atom is -0.335 e. The molecule has 6 heteroatoms. The van der Waals surface area contributed by atoms with Crippen molar-refractivity contribution in [1.29, 1.82) is 0 Å². The van der Waals surface area contributed by atoms with E-state index in [0.29, 0.717) is 31.3 Å². The molecule has 0 aromatic heterocycles. The van der Waals surface area contributed by atoms with Crippen LogP contribution in [0.1, 0.15) is 59.3 Å². The molecule has 0 radical (unpaired) electrons. The second-order valence-electron chi connectivity index (χ2n) is 7.53. The highest BCUT2D eigenvalue weighted by Gasteiger charge is 2.32. The molecule has 2 amide bonds. The van der Waals surface area contributed by atoms with Gasteiger partial charge in [-0.25, -0.2) is 13.2 Å². The second kappa shape index (κ2) is 6.77. The van der Waals surface area contributed by atoms with Crippen molar-refractivity contribution in [2.45, 2.75) is 70.6 Å². The van der Waals surface area contributed by atoms with Crippen molar-refractivity contribution in [2.24, 2.45) is 5.41 Å². The second-order valence-corrected chi connectivity index (χ2v) is 10.1. The van der Waals surface area contributed by atoms with E-state index in [0.717, 1.165) is 25.7 Å². The highest BCUT2D eigenvalue weighted by Crippen LogP contribution is 2.35. The number of nitrogens with one attached hydrogen (secondary N) is 1. The number of piperidine rings is 1. The van der Waals surface area contributed by atoms with Crippen LogP contribution < -0.4 is 5.32 Å². The number of nitrogens with zero attached hydrogens (tertiary/aromatic N) is 1. The maximum Gasteiger partial charge on any atom is 0.317 e. The Labute approximate surface area is 134 Å². The van der Waals surface area contributed by atoms with Crippen molar-refractivity contribution < 1.29 is 13.2 Å². The summed E-state index contributed by atoms with van der Waals surface area (Å²) in [5.41, 5.74) is 0.397. The van der Waals surface area contributed by atoms with Gasteiger partial charge in [0.05, 0.1) is 5.25 Å². The van der Waals surface area contributed by atoms with E-state index in [9.17, 15) is 13.2 Å². The van der Waals surface area contributed by atoms with E-state index in [2.05, 4.69) is 19.2 Å². The fourth-order valence-corrected chi connectivity index (χ4v) is 4.86. The molecule has 0 unspecified atom stereocenters. The van der Waals surface area contributed by atoms with E-state index in [1.807, 2.05) is 0 Å². The van der Waals surface area contributed by atoms with E-state index < -0.39 is 9.84 Å². The Morgan fingerprint density at radius 1 is 1.14 bits per heavy atom. The van der Waals surface area contributed by atoms with Gasteiger partial charge in [-0.3, -0.25) is 0 Å². The number of hydrogen-bond donors (Lipinski definition) is 1. The van der Waals surface area contributed by atoms with Gasteiger partial charge in [0.25, 0.3) is 0 Å². The van der Waals surface area contributed by atoms with Crippen LogP contribution >= 0.6 is 0 Å². The molecule has 22 heavy (non-hydrogen) atoms. The van der Waals surface area contributed by atoms with E-state index in [1.165, 1.54) is 0 Å². The molecular formula is C16H30N2O3S. The lowest BCUT2D eigenvalue weighted by molar-refractivity contribution is 0.166. The zero-order valence-corrected chi connectivity index (χ0v) is 14.9. The van der Waals surface area contributed by atoms with Crippen LogP contribution in [0.25, 0.3) is 0 Å². The van der Waals surface area contributed by atoms with Gasteiger partial charge in [-0.05, 0) is 43.9 Å². The van der Waals surface area contributed by atoms with Crippen LogP contribution in [-0.4, -0.2) is 49.5 Å². The van der Waals surface area contributed by atoms with Crippen molar-refractivity contribution in [3.05, 3.63) is 0 Å². The minimum atomic E-state index is -2.97. The first-order chi connectivity index (χ1) is 10.2. The topological polar surface area (TPSA) is 66.5 Å². The van der Waals surface area contributed by atoms with Crippen molar-refractivity contribution in [3.8, 4) is 0 Å².